The van der Waals surface area contributed by atoms with E-state index in [-0.39, 0.29) is 11.9 Å². The molecule has 2 N–H and O–H groups in total. The van der Waals surface area contributed by atoms with Crippen molar-refractivity contribution in [2.45, 2.75) is 25.4 Å². The van der Waals surface area contributed by atoms with Gasteiger partial charge < -0.3 is 20.4 Å². The van der Waals surface area contributed by atoms with Gasteiger partial charge in [0.1, 0.15) is 0 Å². The lowest BCUT2D eigenvalue weighted by Gasteiger charge is -2.37. The van der Waals surface area contributed by atoms with Crippen molar-refractivity contribution in [2.75, 3.05) is 64.8 Å². The Labute approximate surface area is 161 Å². The molecule has 150 valence electrons. The smallest absolute Gasteiger partial charge is 0.191 e. The normalized spacial score (nSPS) is 25.0. The van der Waals surface area contributed by atoms with Crippen LogP contribution in [0, 0.1) is 5.82 Å². The molecule has 27 heavy (non-hydrogen) atoms. The Morgan fingerprint density at radius 3 is 2.93 bits per heavy atom. The summed E-state index contributed by atoms with van der Waals surface area (Å²) < 4.78 is 14.0. The minimum atomic E-state index is -0.261. The summed E-state index contributed by atoms with van der Waals surface area (Å²) in [6, 6.07) is 3.75. The van der Waals surface area contributed by atoms with Crippen LogP contribution in [0.15, 0.2) is 23.3 Å². The molecule has 1 aromatic rings. The minimum absolute atomic E-state index is 0.232. The number of anilines is 1. The number of rotatable bonds is 5. The van der Waals surface area contributed by atoms with Gasteiger partial charge in [-0.2, -0.15) is 0 Å². The first kappa shape index (κ1) is 19.8. The van der Waals surface area contributed by atoms with Crippen LogP contribution in [-0.2, 0) is 0 Å². The molecule has 2 fully saturated rings. The molecule has 0 aromatic carbocycles. The lowest BCUT2D eigenvalue weighted by atomic mass is 10.2. The molecule has 2 atom stereocenters. The van der Waals surface area contributed by atoms with Crippen molar-refractivity contribution in [3.05, 3.63) is 24.1 Å². The van der Waals surface area contributed by atoms with Gasteiger partial charge in [0.2, 0.25) is 0 Å². The first-order valence-electron chi connectivity index (χ1n) is 9.86. The van der Waals surface area contributed by atoms with Gasteiger partial charge in [0.25, 0.3) is 0 Å². The summed E-state index contributed by atoms with van der Waals surface area (Å²) in [7, 11) is 4.33. The Bertz CT molecular complexity index is 638. The summed E-state index contributed by atoms with van der Waals surface area (Å²) in [5, 5.41) is 6.86. The van der Waals surface area contributed by atoms with Gasteiger partial charge in [0.05, 0.1) is 6.54 Å². The number of aliphatic imine (C=N–C) groups is 1. The van der Waals surface area contributed by atoms with E-state index in [9.17, 15) is 4.39 Å². The second-order valence-corrected chi connectivity index (χ2v) is 7.50. The van der Waals surface area contributed by atoms with Gasteiger partial charge in [0.15, 0.2) is 17.6 Å². The number of hydrogen-bond acceptors (Lipinski definition) is 5. The zero-order chi connectivity index (χ0) is 19.2. The van der Waals surface area contributed by atoms with Crippen LogP contribution in [0.2, 0.25) is 0 Å². The summed E-state index contributed by atoms with van der Waals surface area (Å²) in [6.45, 7) is 8.40. The number of halogens is 1. The fourth-order valence-electron chi connectivity index (χ4n) is 3.69. The van der Waals surface area contributed by atoms with Crippen LogP contribution in [0.5, 0.6) is 0 Å². The highest BCUT2D eigenvalue weighted by atomic mass is 19.1. The third-order valence-corrected chi connectivity index (χ3v) is 5.35. The van der Waals surface area contributed by atoms with E-state index in [1.807, 2.05) is 4.90 Å². The molecule has 2 aliphatic heterocycles. The molecule has 0 saturated carbocycles. The number of aromatic nitrogens is 1. The molecule has 3 rings (SSSR count). The highest BCUT2D eigenvalue weighted by Gasteiger charge is 2.26. The van der Waals surface area contributed by atoms with Gasteiger partial charge in [-0.05, 0) is 39.6 Å². The third kappa shape index (κ3) is 5.29. The van der Waals surface area contributed by atoms with Crippen LogP contribution in [-0.4, -0.2) is 92.7 Å². The van der Waals surface area contributed by atoms with E-state index >= 15 is 0 Å². The van der Waals surface area contributed by atoms with E-state index in [1.165, 1.54) is 6.07 Å². The summed E-state index contributed by atoms with van der Waals surface area (Å²) in [5.74, 6) is 1.02. The van der Waals surface area contributed by atoms with E-state index in [1.54, 1.807) is 12.3 Å². The monoisotopic (exact) mass is 377 g/mol. The first-order valence-corrected chi connectivity index (χ1v) is 9.86. The highest BCUT2D eigenvalue weighted by Crippen LogP contribution is 2.20. The summed E-state index contributed by atoms with van der Waals surface area (Å²) >= 11 is 0. The van der Waals surface area contributed by atoms with E-state index in [4.69, 9.17) is 4.99 Å². The Kier molecular flexibility index (Phi) is 6.84. The average molecular weight is 378 g/mol. The van der Waals surface area contributed by atoms with E-state index in [0.717, 1.165) is 58.2 Å². The molecule has 0 radical (unpaired) electrons. The van der Waals surface area contributed by atoms with Crippen molar-refractivity contribution < 1.29 is 4.39 Å². The second kappa shape index (κ2) is 9.32. The molecule has 7 nitrogen and oxygen atoms in total. The van der Waals surface area contributed by atoms with Crippen molar-refractivity contribution in [1.29, 1.82) is 0 Å². The van der Waals surface area contributed by atoms with Crippen LogP contribution in [0.4, 0.5) is 10.2 Å². The molecule has 0 spiro atoms. The fraction of sp³-hybridized carbons (Fsp3) is 0.684. The number of nitrogens with one attached hydrogen (secondary N) is 2. The third-order valence-electron chi connectivity index (χ3n) is 5.35. The largest absolute Gasteiger partial charge is 0.357 e. The minimum Gasteiger partial charge on any atom is -0.357 e. The maximum atomic E-state index is 14.0. The number of pyridine rings is 1. The van der Waals surface area contributed by atoms with Crippen molar-refractivity contribution in [2.24, 2.45) is 4.99 Å². The molecular formula is C19H32FN7. The number of likely N-dealkylation sites (N-methyl/N-ethyl adjacent to an activating group) is 2. The van der Waals surface area contributed by atoms with Gasteiger partial charge in [-0.25, -0.2) is 9.37 Å². The Morgan fingerprint density at radius 2 is 2.15 bits per heavy atom. The van der Waals surface area contributed by atoms with Crippen molar-refractivity contribution in [3.63, 3.8) is 0 Å². The van der Waals surface area contributed by atoms with Crippen LogP contribution in [0.3, 0.4) is 0 Å². The van der Waals surface area contributed by atoms with Crippen molar-refractivity contribution in [3.8, 4) is 0 Å². The Hall–Kier alpha value is -1.93. The lowest BCUT2D eigenvalue weighted by molar-refractivity contribution is 0.119. The molecule has 2 aliphatic rings. The van der Waals surface area contributed by atoms with Crippen molar-refractivity contribution in [1.82, 2.24) is 25.4 Å². The quantitative estimate of drug-likeness (QED) is 0.579. The predicted molar refractivity (Wildman–Crippen MR) is 108 cm³/mol. The maximum Gasteiger partial charge on any atom is 0.191 e. The van der Waals surface area contributed by atoms with Gasteiger partial charge in [0, 0.05) is 57.5 Å². The van der Waals surface area contributed by atoms with E-state index < -0.39 is 0 Å². The number of hydrogen-bond donors (Lipinski definition) is 2. The molecule has 1 aromatic heterocycles. The zero-order valence-electron chi connectivity index (χ0n) is 16.7. The topological polar surface area (TPSA) is 59.0 Å². The molecule has 3 heterocycles. The summed E-state index contributed by atoms with van der Waals surface area (Å²) in [5.41, 5.74) is 0. The molecule has 0 amide bonds. The molecule has 2 unspecified atom stereocenters. The summed E-state index contributed by atoms with van der Waals surface area (Å²) in [6.07, 6.45) is 2.58. The van der Waals surface area contributed by atoms with Crippen LogP contribution in [0.1, 0.15) is 13.3 Å². The zero-order valence-corrected chi connectivity index (χ0v) is 16.7. The maximum absolute atomic E-state index is 14.0. The van der Waals surface area contributed by atoms with Gasteiger partial charge in [-0.15, -0.1) is 0 Å². The van der Waals surface area contributed by atoms with Gasteiger partial charge >= 0.3 is 0 Å². The molecule has 0 bridgehead atoms. The number of guanidine groups is 1. The number of nitrogens with zero attached hydrogens (tertiary/aromatic N) is 5. The molecular weight excluding hydrogens is 345 g/mol. The Balaban J connectivity index is 1.57. The van der Waals surface area contributed by atoms with Crippen LogP contribution >= 0.6 is 0 Å². The van der Waals surface area contributed by atoms with Crippen molar-refractivity contribution >= 4 is 11.8 Å². The second-order valence-electron chi connectivity index (χ2n) is 7.50. The van der Waals surface area contributed by atoms with Crippen LogP contribution in [0.25, 0.3) is 0 Å². The SMILES string of the molecule is CCNC(=NCC1CN(C)CCN1C)NC1CCN(c2ncccc2F)C1. The predicted octanol–water partition coefficient (Wildman–Crippen LogP) is 0.600. The van der Waals surface area contributed by atoms with Gasteiger partial charge in [-0.3, -0.25) is 9.89 Å². The molecule has 0 aliphatic carbocycles. The number of piperazine rings is 1. The Morgan fingerprint density at radius 1 is 1.30 bits per heavy atom. The van der Waals surface area contributed by atoms with E-state index in [2.05, 4.69) is 46.4 Å². The first-order chi connectivity index (χ1) is 13.1. The molecule has 8 heteroatoms. The van der Waals surface area contributed by atoms with E-state index in [0.29, 0.717) is 11.9 Å². The van der Waals surface area contributed by atoms with Gasteiger partial charge in [-0.1, -0.05) is 0 Å². The fourth-order valence-corrected chi connectivity index (χ4v) is 3.69. The summed E-state index contributed by atoms with van der Waals surface area (Å²) in [4.78, 5) is 15.8. The van der Waals surface area contributed by atoms with Crippen LogP contribution < -0.4 is 15.5 Å². The average Bonchev–Trinajstić information content (AvgIpc) is 3.11. The standard InChI is InChI=1S/C19H32FN7/c1-4-21-19(23-12-16-14-25(2)10-11-26(16)3)24-15-7-9-27(13-15)18-17(20)6-5-8-22-18/h5-6,8,15-16H,4,7,9-14H2,1-3H3,(H2,21,23,24). The highest BCUT2D eigenvalue weighted by molar-refractivity contribution is 5.80. The molecule has 2 saturated heterocycles. The lowest BCUT2D eigenvalue weighted by Crippen LogP contribution is -2.52.